The lowest BCUT2D eigenvalue weighted by molar-refractivity contribution is -0.141. The van der Waals surface area contributed by atoms with Crippen molar-refractivity contribution in [2.45, 2.75) is 12.6 Å². The van der Waals surface area contributed by atoms with Gasteiger partial charge in [-0.3, -0.25) is 0 Å². The number of rotatable bonds is 6. The Bertz CT molecular complexity index is 427. The summed E-state index contributed by atoms with van der Waals surface area (Å²) in [5.74, 6) is 0.292. The van der Waals surface area contributed by atoms with E-state index in [-0.39, 0.29) is 6.42 Å². The molecule has 0 aliphatic carbocycles. The maximum absolute atomic E-state index is 12.3. The van der Waals surface area contributed by atoms with Gasteiger partial charge in [0.2, 0.25) is 0 Å². The van der Waals surface area contributed by atoms with Crippen LogP contribution in [0.25, 0.3) is 0 Å². The Kier molecular flexibility index (Phi) is 5.51. The Morgan fingerprint density at radius 3 is 2.53 bits per heavy atom. The molecule has 0 aromatic carbocycles. The summed E-state index contributed by atoms with van der Waals surface area (Å²) in [6.07, 6.45) is -4.26. The topological polar surface area (TPSA) is 62.0 Å². The summed E-state index contributed by atoms with van der Waals surface area (Å²) >= 11 is 0. The van der Waals surface area contributed by atoms with Crippen molar-refractivity contribution in [3.63, 3.8) is 0 Å². The molecule has 0 bridgehead atoms. The molecule has 1 aromatic rings. The van der Waals surface area contributed by atoms with Crippen molar-refractivity contribution in [1.82, 2.24) is 10.2 Å². The zero-order valence-corrected chi connectivity index (χ0v) is 10.3. The maximum Gasteiger partial charge on any atom is 0.435 e. The van der Waals surface area contributed by atoms with Gasteiger partial charge in [-0.15, -0.1) is 10.2 Å². The number of nitriles is 1. The summed E-state index contributed by atoms with van der Waals surface area (Å²) in [4.78, 5) is 1.65. The number of anilines is 1. The summed E-state index contributed by atoms with van der Waals surface area (Å²) in [5, 5.41) is 15.2. The van der Waals surface area contributed by atoms with Crippen molar-refractivity contribution in [3.8, 4) is 6.07 Å². The second-order valence-electron chi connectivity index (χ2n) is 3.66. The summed E-state index contributed by atoms with van der Waals surface area (Å²) in [6, 6.07) is 4.08. The summed E-state index contributed by atoms with van der Waals surface area (Å²) in [6.45, 7) is 1.17. The van der Waals surface area contributed by atoms with Crippen LogP contribution in [0.15, 0.2) is 12.1 Å². The van der Waals surface area contributed by atoms with Crippen molar-refractivity contribution >= 4 is 5.82 Å². The van der Waals surface area contributed by atoms with Crippen molar-refractivity contribution in [3.05, 3.63) is 17.8 Å². The van der Waals surface area contributed by atoms with Gasteiger partial charge in [-0.25, -0.2) is 0 Å². The van der Waals surface area contributed by atoms with Crippen molar-refractivity contribution < 1.29 is 17.9 Å². The standard InChI is InChI=1S/C11H13F3N4O/c1-19-8-7-18(6-2-5-15)10-4-3-9(16-17-10)11(12,13)14/h3-4H,2,6-8H2,1H3. The molecule has 8 heteroatoms. The van der Waals surface area contributed by atoms with Gasteiger partial charge in [0.15, 0.2) is 11.5 Å². The Morgan fingerprint density at radius 1 is 1.32 bits per heavy atom. The molecule has 0 unspecified atom stereocenters. The highest BCUT2D eigenvalue weighted by atomic mass is 19.4. The molecule has 0 aliphatic heterocycles. The monoisotopic (exact) mass is 274 g/mol. The molecule has 0 saturated heterocycles. The normalized spacial score (nSPS) is 11.1. The Balaban J connectivity index is 2.81. The summed E-state index contributed by atoms with van der Waals surface area (Å²) < 4.78 is 41.9. The van der Waals surface area contributed by atoms with Crippen LogP contribution in [0.4, 0.5) is 19.0 Å². The lowest BCUT2D eigenvalue weighted by Crippen LogP contribution is -2.29. The van der Waals surface area contributed by atoms with Gasteiger partial charge in [-0.2, -0.15) is 18.4 Å². The molecule has 0 atom stereocenters. The largest absolute Gasteiger partial charge is 0.435 e. The van der Waals surface area contributed by atoms with E-state index in [0.29, 0.717) is 25.5 Å². The van der Waals surface area contributed by atoms with Crippen LogP contribution in [0.2, 0.25) is 0 Å². The van der Waals surface area contributed by atoms with Crippen LogP contribution >= 0.6 is 0 Å². The van der Waals surface area contributed by atoms with E-state index in [1.165, 1.54) is 13.2 Å². The molecule has 0 radical (unpaired) electrons. The van der Waals surface area contributed by atoms with Crippen molar-refractivity contribution in [2.75, 3.05) is 31.7 Å². The fourth-order valence-electron chi connectivity index (χ4n) is 1.37. The van der Waals surface area contributed by atoms with Gasteiger partial charge < -0.3 is 9.64 Å². The Labute approximate surface area is 108 Å². The third kappa shape index (κ3) is 4.71. The maximum atomic E-state index is 12.3. The number of nitrogens with zero attached hydrogens (tertiary/aromatic N) is 4. The van der Waals surface area contributed by atoms with E-state index >= 15 is 0 Å². The van der Waals surface area contributed by atoms with Gasteiger partial charge in [0.05, 0.1) is 19.1 Å². The number of halogens is 3. The molecule has 1 rings (SSSR count). The molecule has 0 amide bonds. The molecule has 5 nitrogen and oxygen atoms in total. The number of hydrogen-bond acceptors (Lipinski definition) is 5. The molecular formula is C11H13F3N4O. The molecule has 0 aliphatic rings. The minimum absolute atomic E-state index is 0.242. The van der Waals surface area contributed by atoms with Crippen molar-refractivity contribution in [1.29, 1.82) is 5.26 Å². The summed E-state index contributed by atoms with van der Waals surface area (Å²) in [5.41, 5.74) is -1.04. The van der Waals surface area contributed by atoms with Gasteiger partial charge in [0, 0.05) is 20.2 Å². The molecule has 104 valence electrons. The van der Waals surface area contributed by atoms with Crippen LogP contribution in [-0.2, 0) is 10.9 Å². The summed E-state index contributed by atoms with van der Waals surface area (Å²) in [7, 11) is 1.51. The van der Waals surface area contributed by atoms with Crippen LogP contribution in [0.3, 0.4) is 0 Å². The van der Waals surface area contributed by atoms with Crippen LogP contribution in [-0.4, -0.2) is 37.0 Å². The molecule has 19 heavy (non-hydrogen) atoms. The quantitative estimate of drug-likeness (QED) is 0.792. The third-order valence-corrected chi connectivity index (χ3v) is 2.32. The predicted molar refractivity (Wildman–Crippen MR) is 61.4 cm³/mol. The van der Waals surface area contributed by atoms with Crippen LogP contribution in [0.5, 0.6) is 0 Å². The SMILES string of the molecule is COCCN(CCC#N)c1ccc(C(F)(F)F)nn1. The van der Waals surface area contributed by atoms with E-state index in [1.54, 1.807) is 4.90 Å². The first-order valence-corrected chi connectivity index (χ1v) is 5.50. The lowest BCUT2D eigenvalue weighted by atomic mass is 10.3. The van der Waals surface area contributed by atoms with Gasteiger partial charge in [0.1, 0.15) is 0 Å². The zero-order chi connectivity index (χ0) is 14.3. The first-order valence-electron chi connectivity index (χ1n) is 5.50. The van der Waals surface area contributed by atoms with Gasteiger partial charge in [-0.1, -0.05) is 0 Å². The number of alkyl halides is 3. The molecule has 0 spiro atoms. The molecule has 0 fully saturated rings. The van der Waals surface area contributed by atoms with Gasteiger partial charge in [0.25, 0.3) is 0 Å². The third-order valence-electron chi connectivity index (χ3n) is 2.32. The van der Waals surface area contributed by atoms with Crippen molar-refractivity contribution in [2.24, 2.45) is 0 Å². The predicted octanol–water partition coefficient (Wildman–Crippen LogP) is 1.86. The lowest BCUT2D eigenvalue weighted by Gasteiger charge is -2.21. The fourth-order valence-corrected chi connectivity index (χ4v) is 1.37. The molecular weight excluding hydrogens is 261 g/mol. The van der Waals surface area contributed by atoms with E-state index in [1.807, 2.05) is 6.07 Å². The second kappa shape index (κ2) is 6.89. The molecule has 1 aromatic heterocycles. The fraction of sp³-hybridized carbons (Fsp3) is 0.545. The van der Waals surface area contributed by atoms with E-state index in [0.717, 1.165) is 6.07 Å². The van der Waals surface area contributed by atoms with E-state index in [4.69, 9.17) is 10.00 Å². The minimum atomic E-state index is -4.50. The smallest absolute Gasteiger partial charge is 0.383 e. The highest BCUT2D eigenvalue weighted by Gasteiger charge is 2.33. The molecule has 0 saturated carbocycles. The zero-order valence-electron chi connectivity index (χ0n) is 10.3. The van der Waals surface area contributed by atoms with Crippen LogP contribution in [0.1, 0.15) is 12.1 Å². The Morgan fingerprint density at radius 2 is 2.05 bits per heavy atom. The van der Waals surface area contributed by atoms with Crippen LogP contribution in [0, 0.1) is 11.3 Å². The number of methoxy groups -OCH3 is 1. The highest BCUT2D eigenvalue weighted by Crippen LogP contribution is 2.27. The van der Waals surface area contributed by atoms with E-state index < -0.39 is 11.9 Å². The molecule has 0 N–H and O–H groups in total. The second-order valence-corrected chi connectivity index (χ2v) is 3.66. The average Bonchev–Trinajstić information content (AvgIpc) is 2.38. The first-order chi connectivity index (χ1) is 8.99. The highest BCUT2D eigenvalue weighted by molar-refractivity contribution is 5.37. The number of hydrogen-bond donors (Lipinski definition) is 0. The van der Waals surface area contributed by atoms with Gasteiger partial charge in [-0.05, 0) is 12.1 Å². The van der Waals surface area contributed by atoms with Gasteiger partial charge >= 0.3 is 6.18 Å². The first kappa shape index (κ1) is 15.2. The van der Waals surface area contributed by atoms with E-state index in [9.17, 15) is 13.2 Å². The number of ether oxygens (including phenoxy) is 1. The average molecular weight is 274 g/mol. The van der Waals surface area contributed by atoms with Crippen LogP contribution < -0.4 is 4.90 Å². The molecule has 1 heterocycles. The minimum Gasteiger partial charge on any atom is -0.383 e. The Hall–Kier alpha value is -1.88. The number of aromatic nitrogens is 2. The van der Waals surface area contributed by atoms with E-state index in [2.05, 4.69) is 10.2 Å².